The first-order chi connectivity index (χ1) is 13.3. The lowest BCUT2D eigenvalue weighted by molar-refractivity contribution is -0.125. The van der Waals surface area contributed by atoms with Gasteiger partial charge in [-0.1, -0.05) is 12.1 Å². The molecule has 0 radical (unpaired) electrons. The Morgan fingerprint density at radius 1 is 0.643 bits per heavy atom. The van der Waals surface area contributed by atoms with Gasteiger partial charge in [0.1, 0.15) is 0 Å². The molecule has 0 atom stereocenters. The third-order valence-electron chi connectivity index (χ3n) is 6.02. The molecule has 0 bridgehead atoms. The number of aryl methyl sites for hydroxylation is 4. The maximum absolute atomic E-state index is 12.6. The zero-order valence-electron chi connectivity index (χ0n) is 17.3. The summed E-state index contributed by atoms with van der Waals surface area (Å²) < 4.78 is 0. The van der Waals surface area contributed by atoms with E-state index < -0.39 is 0 Å². The SMILES string of the molecule is Cc1ccc(NC(=O)C2CCC(C(=O)Nc3ccc(C)c(C)c3)CC2)cc1C. The normalized spacial score (nSPS) is 19.1. The van der Waals surface area contributed by atoms with Crippen LogP contribution in [0.25, 0.3) is 0 Å². The number of hydrogen-bond acceptors (Lipinski definition) is 2. The first-order valence-electron chi connectivity index (χ1n) is 10.1. The van der Waals surface area contributed by atoms with Crippen LogP contribution in [0.1, 0.15) is 47.9 Å². The topological polar surface area (TPSA) is 58.2 Å². The molecule has 2 aromatic rings. The molecule has 4 heteroatoms. The lowest BCUT2D eigenvalue weighted by Crippen LogP contribution is -2.32. The van der Waals surface area contributed by atoms with Crippen molar-refractivity contribution in [1.29, 1.82) is 0 Å². The second-order valence-corrected chi connectivity index (χ2v) is 8.13. The predicted octanol–water partition coefficient (Wildman–Crippen LogP) is 5.30. The minimum absolute atomic E-state index is 0.0210. The van der Waals surface area contributed by atoms with E-state index in [0.29, 0.717) is 0 Å². The Balaban J connectivity index is 1.51. The zero-order chi connectivity index (χ0) is 20.3. The Labute approximate surface area is 167 Å². The van der Waals surface area contributed by atoms with Crippen molar-refractivity contribution in [3.05, 3.63) is 58.7 Å². The van der Waals surface area contributed by atoms with E-state index in [-0.39, 0.29) is 23.7 Å². The fourth-order valence-corrected chi connectivity index (χ4v) is 3.74. The van der Waals surface area contributed by atoms with E-state index in [9.17, 15) is 9.59 Å². The molecule has 0 unspecified atom stereocenters. The quantitative estimate of drug-likeness (QED) is 0.758. The average molecular weight is 379 g/mol. The van der Waals surface area contributed by atoms with Crippen molar-refractivity contribution in [1.82, 2.24) is 0 Å². The maximum Gasteiger partial charge on any atom is 0.227 e. The van der Waals surface area contributed by atoms with Gasteiger partial charge in [0, 0.05) is 23.2 Å². The van der Waals surface area contributed by atoms with Crippen molar-refractivity contribution in [2.45, 2.75) is 53.4 Å². The minimum Gasteiger partial charge on any atom is -0.326 e. The van der Waals surface area contributed by atoms with Gasteiger partial charge >= 0.3 is 0 Å². The van der Waals surface area contributed by atoms with Crippen LogP contribution in [-0.4, -0.2) is 11.8 Å². The highest BCUT2D eigenvalue weighted by atomic mass is 16.2. The highest BCUT2D eigenvalue weighted by Gasteiger charge is 2.30. The molecule has 0 heterocycles. The maximum atomic E-state index is 12.6. The lowest BCUT2D eigenvalue weighted by atomic mass is 9.81. The number of amides is 2. The van der Waals surface area contributed by atoms with Crippen LogP contribution in [0.4, 0.5) is 11.4 Å². The Kier molecular flexibility index (Phi) is 6.18. The van der Waals surface area contributed by atoms with Gasteiger partial charge in [-0.2, -0.15) is 0 Å². The second-order valence-electron chi connectivity index (χ2n) is 8.13. The lowest BCUT2D eigenvalue weighted by Gasteiger charge is -2.27. The van der Waals surface area contributed by atoms with Gasteiger partial charge in [0.2, 0.25) is 11.8 Å². The summed E-state index contributed by atoms with van der Waals surface area (Å²) in [7, 11) is 0. The summed E-state index contributed by atoms with van der Waals surface area (Å²) in [6.07, 6.45) is 3.01. The molecule has 0 aliphatic heterocycles. The summed E-state index contributed by atoms with van der Waals surface area (Å²) in [5, 5.41) is 6.07. The molecule has 0 saturated heterocycles. The van der Waals surface area contributed by atoms with Gasteiger partial charge in [-0.15, -0.1) is 0 Å². The molecule has 1 aliphatic rings. The van der Waals surface area contributed by atoms with Crippen molar-refractivity contribution in [2.75, 3.05) is 10.6 Å². The molecule has 28 heavy (non-hydrogen) atoms. The highest BCUT2D eigenvalue weighted by molar-refractivity contribution is 5.94. The third kappa shape index (κ3) is 4.80. The molecule has 2 N–H and O–H groups in total. The summed E-state index contributed by atoms with van der Waals surface area (Å²) in [5.41, 5.74) is 6.47. The van der Waals surface area contributed by atoms with E-state index in [4.69, 9.17) is 0 Å². The highest BCUT2D eigenvalue weighted by Crippen LogP contribution is 2.31. The predicted molar refractivity (Wildman–Crippen MR) is 115 cm³/mol. The fourth-order valence-electron chi connectivity index (χ4n) is 3.74. The van der Waals surface area contributed by atoms with Crippen LogP contribution in [0.3, 0.4) is 0 Å². The molecule has 148 valence electrons. The molecule has 0 aromatic heterocycles. The van der Waals surface area contributed by atoms with Crippen LogP contribution < -0.4 is 10.6 Å². The molecule has 4 nitrogen and oxygen atoms in total. The van der Waals surface area contributed by atoms with Crippen molar-refractivity contribution in [3.63, 3.8) is 0 Å². The molecular formula is C24H30N2O2. The van der Waals surface area contributed by atoms with Gasteiger partial charge in [0.25, 0.3) is 0 Å². The summed E-state index contributed by atoms with van der Waals surface area (Å²) in [6.45, 7) is 8.21. The first kappa shape index (κ1) is 20.1. The Morgan fingerprint density at radius 3 is 1.32 bits per heavy atom. The Bertz CT molecular complexity index is 807. The van der Waals surface area contributed by atoms with Gasteiger partial charge in [0.05, 0.1) is 0 Å². The van der Waals surface area contributed by atoms with Crippen molar-refractivity contribution in [3.8, 4) is 0 Å². The summed E-state index contributed by atoms with van der Waals surface area (Å²) in [4.78, 5) is 25.2. The molecule has 3 rings (SSSR count). The van der Waals surface area contributed by atoms with Gasteiger partial charge in [-0.3, -0.25) is 9.59 Å². The van der Waals surface area contributed by atoms with E-state index >= 15 is 0 Å². The fraction of sp³-hybridized carbons (Fsp3) is 0.417. The Morgan fingerprint density at radius 2 is 1.00 bits per heavy atom. The molecule has 1 fully saturated rings. The number of hydrogen-bond donors (Lipinski definition) is 2. The standard InChI is InChI=1S/C24H30N2O2/c1-15-5-11-21(13-17(15)3)25-23(27)19-7-9-20(10-8-19)24(28)26-22-12-6-16(2)18(4)14-22/h5-6,11-14,19-20H,7-10H2,1-4H3,(H,25,27)(H,26,28). The van der Waals surface area contributed by atoms with Crippen LogP contribution in [0.2, 0.25) is 0 Å². The third-order valence-corrected chi connectivity index (χ3v) is 6.02. The van der Waals surface area contributed by atoms with E-state index in [1.54, 1.807) is 0 Å². The summed E-state index contributed by atoms with van der Waals surface area (Å²) >= 11 is 0. The van der Waals surface area contributed by atoms with E-state index in [1.165, 1.54) is 22.3 Å². The largest absolute Gasteiger partial charge is 0.326 e. The number of carbonyl (C=O) groups excluding carboxylic acids is 2. The van der Waals surface area contributed by atoms with Gasteiger partial charge in [0.15, 0.2) is 0 Å². The second kappa shape index (κ2) is 8.59. The number of benzene rings is 2. The van der Waals surface area contributed by atoms with Crippen molar-refractivity contribution >= 4 is 23.2 Å². The molecule has 1 aliphatic carbocycles. The smallest absolute Gasteiger partial charge is 0.227 e. The van der Waals surface area contributed by atoms with Crippen molar-refractivity contribution in [2.24, 2.45) is 11.8 Å². The molecule has 0 spiro atoms. The number of carbonyl (C=O) groups is 2. The van der Waals surface area contributed by atoms with E-state index in [0.717, 1.165) is 37.1 Å². The molecule has 2 aromatic carbocycles. The van der Waals surface area contributed by atoms with Crippen LogP contribution >= 0.6 is 0 Å². The van der Waals surface area contributed by atoms with Gasteiger partial charge in [-0.05, 0) is 99.9 Å². The van der Waals surface area contributed by atoms with Crippen LogP contribution in [-0.2, 0) is 9.59 Å². The van der Waals surface area contributed by atoms with E-state index in [1.807, 2.05) is 50.2 Å². The average Bonchev–Trinajstić information content (AvgIpc) is 2.67. The monoisotopic (exact) mass is 378 g/mol. The molecule has 1 saturated carbocycles. The van der Waals surface area contributed by atoms with Crippen LogP contribution in [0, 0.1) is 39.5 Å². The first-order valence-corrected chi connectivity index (χ1v) is 10.1. The van der Waals surface area contributed by atoms with Crippen LogP contribution in [0.5, 0.6) is 0 Å². The van der Waals surface area contributed by atoms with E-state index in [2.05, 4.69) is 24.5 Å². The number of anilines is 2. The van der Waals surface area contributed by atoms with Crippen molar-refractivity contribution < 1.29 is 9.59 Å². The van der Waals surface area contributed by atoms with Crippen LogP contribution in [0.15, 0.2) is 36.4 Å². The number of nitrogens with one attached hydrogen (secondary N) is 2. The minimum atomic E-state index is -0.0210. The zero-order valence-corrected chi connectivity index (χ0v) is 17.3. The number of rotatable bonds is 4. The summed E-state index contributed by atoms with van der Waals surface area (Å²) in [5.74, 6) is 0.0899. The van der Waals surface area contributed by atoms with Gasteiger partial charge in [-0.25, -0.2) is 0 Å². The molecule has 2 amide bonds. The molecular weight excluding hydrogens is 348 g/mol. The Hall–Kier alpha value is -2.62. The summed E-state index contributed by atoms with van der Waals surface area (Å²) in [6, 6.07) is 12.0. The van der Waals surface area contributed by atoms with Gasteiger partial charge < -0.3 is 10.6 Å².